The van der Waals surface area contributed by atoms with E-state index in [0.29, 0.717) is 24.6 Å². The van der Waals surface area contributed by atoms with Gasteiger partial charge in [0.15, 0.2) is 0 Å². The Morgan fingerprint density at radius 1 is 1.13 bits per heavy atom. The van der Waals surface area contributed by atoms with Crippen LogP contribution in [0.15, 0.2) is 36.4 Å². The molecule has 0 aliphatic rings. The van der Waals surface area contributed by atoms with E-state index in [1.165, 1.54) is 24.8 Å². The molecule has 0 unspecified atom stereocenters. The monoisotopic (exact) mass is 433 g/mol. The first kappa shape index (κ1) is 23.5. The van der Waals surface area contributed by atoms with E-state index >= 15 is 0 Å². The minimum atomic E-state index is -0.535. The smallest absolute Gasteiger partial charge is 0.341 e. The zero-order valence-corrected chi connectivity index (χ0v) is 18.5. The highest BCUT2D eigenvalue weighted by atomic mass is 35.5. The number of methoxy groups -OCH3 is 1. The van der Waals surface area contributed by atoms with Gasteiger partial charge in [-0.05, 0) is 43.0 Å². The van der Waals surface area contributed by atoms with Gasteiger partial charge in [-0.1, -0.05) is 37.6 Å². The van der Waals surface area contributed by atoms with Crippen molar-refractivity contribution >= 4 is 29.2 Å². The molecule has 6 nitrogen and oxygen atoms in total. The number of anilines is 1. The van der Waals surface area contributed by atoms with Gasteiger partial charge in [-0.25, -0.2) is 4.79 Å². The molecule has 0 fully saturated rings. The summed E-state index contributed by atoms with van der Waals surface area (Å²) in [6.45, 7) is 6.65. The predicted octanol–water partition coefficient (Wildman–Crippen LogP) is 5.45. The molecule has 1 amide bonds. The van der Waals surface area contributed by atoms with Crippen LogP contribution in [0.5, 0.6) is 11.5 Å². The quantitative estimate of drug-likeness (QED) is 0.398. The summed E-state index contributed by atoms with van der Waals surface area (Å²) >= 11 is 6.22. The summed E-state index contributed by atoms with van der Waals surface area (Å²) in [5.74, 6) is 0.789. The summed E-state index contributed by atoms with van der Waals surface area (Å²) in [6.07, 6.45) is 0.815. The highest BCUT2D eigenvalue weighted by Gasteiger charge is 2.18. The van der Waals surface area contributed by atoms with Crippen LogP contribution in [0.3, 0.4) is 0 Å². The summed E-state index contributed by atoms with van der Waals surface area (Å²) in [6, 6.07) is 10.9. The minimum absolute atomic E-state index is 0.207. The molecular weight excluding hydrogens is 406 g/mol. The SMILES string of the molecule is CCOC(=O)c1cc(Cl)c(NC(=O)CCCOc2ccc(C(C)C)cc2)cc1OC. The van der Waals surface area contributed by atoms with Crippen molar-refractivity contribution in [3.63, 3.8) is 0 Å². The fourth-order valence-electron chi connectivity index (χ4n) is 2.77. The summed E-state index contributed by atoms with van der Waals surface area (Å²) < 4.78 is 15.9. The van der Waals surface area contributed by atoms with Gasteiger partial charge in [0.2, 0.25) is 5.91 Å². The number of hydrogen-bond acceptors (Lipinski definition) is 5. The van der Waals surface area contributed by atoms with Crippen molar-refractivity contribution in [2.45, 2.75) is 39.5 Å². The summed E-state index contributed by atoms with van der Waals surface area (Å²) in [4.78, 5) is 24.2. The van der Waals surface area contributed by atoms with Crippen LogP contribution in [0.4, 0.5) is 5.69 Å². The van der Waals surface area contributed by atoms with Crippen LogP contribution < -0.4 is 14.8 Å². The van der Waals surface area contributed by atoms with Crippen LogP contribution in [-0.4, -0.2) is 32.2 Å². The molecule has 30 heavy (non-hydrogen) atoms. The van der Waals surface area contributed by atoms with Crippen molar-refractivity contribution in [1.82, 2.24) is 0 Å². The van der Waals surface area contributed by atoms with Crippen molar-refractivity contribution in [2.24, 2.45) is 0 Å². The van der Waals surface area contributed by atoms with Gasteiger partial charge in [0.05, 0.1) is 31.0 Å². The Hall–Kier alpha value is -2.73. The van der Waals surface area contributed by atoms with E-state index in [1.807, 2.05) is 24.3 Å². The van der Waals surface area contributed by atoms with E-state index in [1.54, 1.807) is 6.92 Å². The number of benzene rings is 2. The first-order valence-corrected chi connectivity index (χ1v) is 10.3. The topological polar surface area (TPSA) is 73.9 Å². The second-order valence-corrected chi connectivity index (χ2v) is 7.38. The lowest BCUT2D eigenvalue weighted by Gasteiger charge is -2.13. The number of hydrogen-bond donors (Lipinski definition) is 1. The molecule has 0 atom stereocenters. The normalized spacial score (nSPS) is 10.6. The van der Waals surface area contributed by atoms with E-state index in [-0.39, 0.29) is 35.3 Å². The number of amides is 1. The van der Waals surface area contributed by atoms with Crippen LogP contribution >= 0.6 is 11.6 Å². The fourth-order valence-corrected chi connectivity index (χ4v) is 2.98. The maximum absolute atomic E-state index is 12.3. The zero-order chi connectivity index (χ0) is 22.1. The maximum atomic E-state index is 12.3. The average molecular weight is 434 g/mol. The third kappa shape index (κ3) is 6.66. The summed E-state index contributed by atoms with van der Waals surface area (Å²) in [7, 11) is 1.43. The predicted molar refractivity (Wildman–Crippen MR) is 118 cm³/mol. The molecule has 0 aliphatic carbocycles. The number of carbonyl (C=O) groups excluding carboxylic acids is 2. The lowest BCUT2D eigenvalue weighted by molar-refractivity contribution is -0.116. The molecule has 162 valence electrons. The second-order valence-electron chi connectivity index (χ2n) is 6.98. The number of halogens is 1. The molecule has 0 saturated carbocycles. The Labute approximate surface area is 182 Å². The van der Waals surface area contributed by atoms with Crippen molar-refractivity contribution in [1.29, 1.82) is 0 Å². The third-order valence-electron chi connectivity index (χ3n) is 4.42. The van der Waals surface area contributed by atoms with Crippen molar-refractivity contribution in [2.75, 3.05) is 25.6 Å². The van der Waals surface area contributed by atoms with E-state index < -0.39 is 5.97 Å². The van der Waals surface area contributed by atoms with Crippen molar-refractivity contribution < 1.29 is 23.8 Å². The molecule has 0 heterocycles. The first-order valence-electron chi connectivity index (χ1n) is 9.93. The molecule has 0 radical (unpaired) electrons. The van der Waals surface area contributed by atoms with Crippen LogP contribution in [0.1, 0.15) is 55.5 Å². The largest absolute Gasteiger partial charge is 0.496 e. The maximum Gasteiger partial charge on any atom is 0.341 e. The second kappa shape index (κ2) is 11.5. The van der Waals surface area contributed by atoms with Crippen LogP contribution in [0.25, 0.3) is 0 Å². The highest BCUT2D eigenvalue weighted by molar-refractivity contribution is 6.34. The molecular formula is C23H28ClNO5. The molecule has 0 spiro atoms. The standard InChI is InChI=1S/C23H28ClNO5/c1-5-29-23(27)18-13-19(24)20(14-21(18)28-4)25-22(26)7-6-12-30-17-10-8-16(9-11-17)15(2)3/h8-11,13-15H,5-7,12H2,1-4H3,(H,25,26). The number of rotatable bonds is 10. The Morgan fingerprint density at radius 2 is 1.83 bits per heavy atom. The summed E-state index contributed by atoms with van der Waals surface area (Å²) in [5, 5.41) is 2.97. The minimum Gasteiger partial charge on any atom is -0.496 e. The van der Waals surface area contributed by atoms with Crippen molar-refractivity contribution in [3.05, 3.63) is 52.5 Å². The Morgan fingerprint density at radius 3 is 2.43 bits per heavy atom. The van der Waals surface area contributed by atoms with Crippen LogP contribution in [0.2, 0.25) is 5.02 Å². The Balaban J connectivity index is 1.87. The fraction of sp³-hybridized carbons (Fsp3) is 0.391. The molecule has 2 aromatic carbocycles. The number of carbonyl (C=O) groups is 2. The number of ether oxygens (including phenoxy) is 3. The molecule has 2 aromatic rings. The zero-order valence-electron chi connectivity index (χ0n) is 17.8. The molecule has 7 heteroatoms. The van der Waals surface area contributed by atoms with Gasteiger partial charge in [0.1, 0.15) is 17.1 Å². The summed E-state index contributed by atoms with van der Waals surface area (Å²) in [5.41, 5.74) is 1.83. The van der Waals surface area contributed by atoms with Gasteiger partial charge in [-0.3, -0.25) is 4.79 Å². The molecule has 0 bridgehead atoms. The van der Waals surface area contributed by atoms with Crippen molar-refractivity contribution in [3.8, 4) is 11.5 Å². The van der Waals surface area contributed by atoms with Gasteiger partial charge >= 0.3 is 5.97 Å². The lowest BCUT2D eigenvalue weighted by atomic mass is 10.0. The molecule has 1 N–H and O–H groups in total. The van der Waals surface area contributed by atoms with Gasteiger partial charge in [0, 0.05) is 12.5 Å². The van der Waals surface area contributed by atoms with E-state index in [0.717, 1.165) is 5.75 Å². The third-order valence-corrected chi connectivity index (χ3v) is 4.73. The van der Waals surface area contributed by atoms with E-state index in [4.69, 9.17) is 25.8 Å². The Bertz CT molecular complexity index is 865. The lowest BCUT2D eigenvalue weighted by Crippen LogP contribution is -2.14. The number of esters is 1. The van der Waals surface area contributed by atoms with E-state index in [2.05, 4.69) is 19.2 Å². The van der Waals surface area contributed by atoms with Gasteiger partial charge in [-0.15, -0.1) is 0 Å². The van der Waals surface area contributed by atoms with Gasteiger partial charge in [-0.2, -0.15) is 0 Å². The highest BCUT2D eigenvalue weighted by Crippen LogP contribution is 2.31. The van der Waals surface area contributed by atoms with Gasteiger partial charge in [0.25, 0.3) is 0 Å². The number of nitrogens with one attached hydrogen (secondary N) is 1. The molecule has 0 saturated heterocycles. The Kier molecular flexibility index (Phi) is 8.99. The molecule has 2 rings (SSSR count). The first-order chi connectivity index (χ1) is 14.3. The van der Waals surface area contributed by atoms with Crippen LogP contribution in [0, 0.1) is 0 Å². The van der Waals surface area contributed by atoms with E-state index in [9.17, 15) is 9.59 Å². The molecule has 0 aliphatic heterocycles. The van der Waals surface area contributed by atoms with Gasteiger partial charge < -0.3 is 19.5 Å². The average Bonchev–Trinajstić information content (AvgIpc) is 2.72. The molecule has 0 aromatic heterocycles. The van der Waals surface area contributed by atoms with Crippen LogP contribution in [-0.2, 0) is 9.53 Å².